The molecule has 0 spiro atoms. The molecule has 1 heteroatoms. The second-order valence-electron chi connectivity index (χ2n) is 19.6. The number of aromatic nitrogens is 1. The Kier molecular flexibility index (Phi) is 9.68. The molecule has 0 aliphatic rings. The van der Waals surface area contributed by atoms with Crippen LogP contribution in [0.5, 0.6) is 0 Å². The van der Waals surface area contributed by atoms with E-state index in [1.54, 1.807) is 0 Å². The summed E-state index contributed by atoms with van der Waals surface area (Å²) in [5.74, 6) is 0. The topological polar surface area (TPSA) is 12.9 Å². The molecule has 50 heavy (non-hydrogen) atoms. The summed E-state index contributed by atoms with van der Waals surface area (Å²) in [4.78, 5) is 4.39. The van der Waals surface area contributed by atoms with Crippen LogP contribution in [0.2, 0.25) is 0 Å². The van der Waals surface area contributed by atoms with Crippen molar-refractivity contribution in [2.24, 2.45) is 0 Å². The highest BCUT2D eigenvalue weighted by Crippen LogP contribution is 2.47. The summed E-state index contributed by atoms with van der Waals surface area (Å²) in [6.07, 6.45) is 3.78. The fourth-order valence-electron chi connectivity index (χ4n) is 6.50. The van der Waals surface area contributed by atoms with E-state index in [9.17, 15) is 0 Å². The predicted octanol–water partition coefficient (Wildman–Crippen LogP) is 14.2. The van der Waals surface area contributed by atoms with Gasteiger partial charge in [-0.15, -0.1) is 0 Å². The van der Waals surface area contributed by atoms with Gasteiger partial charge in [-0.2, -0.15) is 0 Å². The van der Waals surface area contributed by atoms with Crippen LogP contribution in [0, 0.1) is 0 Å². The van der Waals surface area contributed by atoms with Crippen molar-refractivity contribution in [3.8, 4) is 44.5 Å². The lowest BCUT2D eigenvalue weighted by Gasteiger charge is -2.30. The Labute approximate surface area is 304 Å². The molecule has 0 radical (unpaired) electrons. The third-order valence-corrected chi connectivity index (χ3v) is 10.1. The molecule has 5 rings (SSSR count). The quantitative estimate of drug-likeness (QED) is 0.186. The Morgan fingerprint density at radius 1 is 0.340 bits per heavy atom. The summed E-state index contributed by atoms with van der Waals surface area (Å²) >= 11 is 0. The maximum absolute atomic E-state index is 4.39. The van der Waals surface area contributed by atoms with Gasteiger partial charge in [0.25, 0.3) is 0 Å². The van der Waals surface area contributed by atoms with E-state index >= 15 is 0 Å². The smallest absolute Gasteiger partial charge is 0.0346 e. The first-order valence-corrected chi connectivity index (χ1v) is 18.5. The van der Waals surface area contributed by atoms with Gasteiger partial charge in [-0.3, -0.25) is 4.98 Å². The Bertz CT molecular complexity index is 1810. The number of rotatable bonds is 4. The minimum Gasteiger partial charge on any atom is -0.264 e. The van der Waals surface area contributed by atoms with Gasteiger partial charge in [0, 0.05) is 12.4 Å². The van der Waals surface area contributed by atoms with Gasteiger partial charge < -0.3 is 0 Å². The lowest BCUT2D eigenvalue weighted by molar-refractivity contribution is 0.568. The van der Waals surface area contributed by atoms with E-state index in [1.165, 1.54) is 66.8 Å². The zero-order valence-corrected chi connectivity index (χ0v) is 33.7. The van der Waals surface area contributed by atoms with Gasteiger partial charge in [0.1, 0.15) is 0 Å². The van der Waals surface area contributed by atoms with Gasteiger partial charge in [0.05, 0.1) is 0 Å². The van der Waals surface area contributed by atoms with Crippen molar-refractivity contribution in [2.45, 2.75) is 131 Å². The molecule has 0 aliphatic heterocycles. The molecule has 0 saturated heterocycles. The molecular formula is C49H61N. The number of nitrogens with zero attached hydrogens (tertiary/aromatic N) is 1. The van der Waals surface area contributed by atoms with Crippen molar-refractivity contribution in [3.05, 3.63) is 125 Å². The van der Waals surface area contributed by atoms with Gasteiger partial charge in [0.2, 0.25) is 0 Å². The summed E-state index contributed by atoms with van der Waals surface area (Å²) < 4.78 is 0. The average molecular weight is 664 g/mol. The van der Waals surface area contributed by atoms with Crippen molar-refractivity contribution in [1.29, 1.82) is 0 Å². The zero-order chi connectivity index (χ0) is 37.0. The highest BCUT2D eigenvalue weighted by molar-refractivity contribution is 5.96. The van der Waals surface area contributed by atoms with E-state index in [4.69, 9.17) is 0 Å². The van der Waals surface area contributed by atoms with Crippen molar-refractivity contribution in [2.75, 3.05) is 0 Å². The van der Waals surface area contributed by atoms with Gasteiger partial charge in [0.15, 0.2) is 0 Å². The zero-order valence-electron chi connectivity index (χ0n) is 33.7. The maximum atomic E-state index is 4.39. The molecule has 0 atom stereocenters. The highest BCUT2D eigenvalue weighted by Gasteiger charge is 2.27. The third kappa shape index (κ3) is 8.15. The summed E-state index contributed by atoms with van der Waals surface area (Å²) in [5.41, 5.74) is 16.7. The summed E-state index contributed by atoms with van der Waals surface area (Å²) in [5, 5.41) is 0. The molecule has 0 aliphatic carbocycles. The third-order valence-electron chi connectivity index (χ3n) is 10.1. The standard InChI is InChI=1S/C49H61N/c1-45(2,3)37-23-35(24-38(27-37)46(4,5)6)42-29-41(49(13,14)15)30-43(36-25-39(47(7,8)9)28-40(26-36)48(10,11)12)44(42)33-20-18-32(19-21-33)34-17-16-22-50-31-34/h16-31H,1-15H3. The SMILES string of the molecule is CC(C)(C)c1cc(-c2cc(C(C)(C)C)cc(-c3cc(C(C)(C)C)cc(C(C)(C)C)c3)c2-c2ccc(-c3cccnc3)cc2)cc(C(C)(C)C)c1. The van der Waals surface area contributed by atoms with Gasteiger partial charge in [-0.05, 0) is 118 Å². The molecule has 1 nitrogen and oxygen atoms in total. The van der Waals surface area contributed by atoms with E-state index < -0.39 is 0 Å². The Morgan fingerprint density at radius 2 is 0.680 bits per heavy atom. The van der Waals surface area contributed by atoms with Crippen LogP contribution in [0.3, 0.4) is 0 Å². The minimum absolute atomic E-state index is 0.00859. The average Bonchev–Trinajstić information content (AvgIpc) is 3.02. The summed E-state index contributed by atoms with van der Waals surface area (Å²) in [6, 6.07) is 33.0. The van der Waals surface area contributed by atoms with Crippen LogP contribution in [0.15, 0.2) is 97.3 Å². The molecule has 0 N–H and O–H groups in total. The Morgan fingerprint density at radius 3 is 1.00 bits per heavy atom. The van der Waals surface area contributed by atoms with Crippen LogP contribution in [-0.4, -0.2) is 4.98 Å². The van der Waals surface area contributed by atoms with Gasteiger partial charge >= 0.3 is 0 Å². The van der Waals surface area contributed by atoms with Crippen molar-refractivity contribution < 1.29 is 0 Å². The Balaban J connectivity index is 1.96. The molecule has 0 saturated carbocycles. The first kappa shape index (κ1) is 37.3. The molecule has 0 bridgehead atoms. The normalized spacial score (nSPS) is 13.1. The lowest BCUT2D eigenvalue weighted by Crippen LogP contribution is -2.17. The number of hydrogen-bond donors (Lipinski definition) is 0. The summed E-state index contributed by atoms with van der Waals surface area (Å²) in [7, 11) is 0. The monoisotopic (exact) mass is 663 g/mol. The van der Waals surface area contributed by atoms with Crippen LogP contribution in [0.4, 0.5) is 0 Å². The predicted molar refractivity (Wildman–Crippen MR) is 219 cm³/mol. The van der Waals surface area contributed by atoms with Gasteiger partial charge in [-0.1, -0.05) is 171 Å². The van der Waals surface area contributed by atoms with Gasteiger partial charge in [-0.25, -0.2) is 0 Å². The first-order chi connectivity index (χ1) is 22.9. The van der Waals surface area contributed by atoms with E-state index in [0.29, 0.717) is 0 Å². The summed E-state index contributed by atoms with van der Waals surface area (Å²) in [6.45, 7) is 35.0. The first-order valence-electron chi connectivity index (χ1n) is 18.5. The van der Waals surface area contributed by atoms with E-state index in [0.717, 1.165) is 5.56 Å². The Hall–Kier alpha value is -3.97. The highest BCUT2D eigenvalue weighted by atomic mass is 14.6. The maximum Gasteiger partial charge on any atom is 0.0346 e. The fourth-order valence-corrected chi connectivity index (χ4v) is 6.50. The molecule has 0 amide bonds. The molecule has 0 fully saturated rings. The van der Waals surface area contributed by atoms with Crippen molar-refractivity contribution >= 4 is 0 Å². The molecule has 1 aromatic heterocycles. The second kappa shape index (κ2) is 13.0. The minimum atomic E-state index is -0.0464. The number of pyridine rings is 1. The second-order valence-corrected chi connectivity index (χ2v) is 19.6. The molecule has 5 aromatic rings. The molecule has 4 aromatic carbocycles. The van der Waals surface area contributed by atoms with E-state index in [1.807, 2.05) is 18.5 Å². The molecule has 0 unspecified atom stereocenters. The number of hydrogen-bond acceptors (Lipinski definition) is 1. The van der Waals surface area contributed by atoms with Crippen LogP contribution in [0.1, 0.15) is 132 Å². The fraction of sp³-hybridized carbons (Fsp3) is 0.408. The van der Waals surface area contributed by atoms with Crippen molar-refractivity contribution in [1.82, 2.24) is 4.98 Å². The molecule has 1 heterocycles. The van der Waals surface area contributed by atoms with Crippen LogP contribution in [-0.2, 0) is 27.1 Å². The lowest BCUT2D eigenvalue weighted by atomic mass is 9.75. The number of benzene rings is 4. The van der Waals surface area contributed by atoms with E-state index in [-0.39, 0.29) is 27.1 Å². The van der Waals surface area contributed by atoms with E-state index in [2.05, 4.69) is 188 Å². The largest absolute Gasteiger partial charge is 0.264 e. The molecular weight excluding hydrogens is 603 g/mol. The van der Waals surface area contributed by atoms with Crippen LogP contribution < -0.4 is 0 Å². The van der Waals surface area contributed by atoms with Crippen molar-refractivity contribution in [3.63, 3.8) is 0 Å². The van der Waals surface area contributed by atoms with Crippen LogP contribution in [0.25, 0.3) is 44.5 Å². The molecule has 262 valence electrons. The van der Waals surface area contributed by atoms with Crippen LogP contribution >= 0.6 is 0 Å².